The molecule has 2 aliphatic rings. The van der Waals surface area contributed by atoms with Gasteiger partial charge < -0.3 is 15.0 Å². The van der Waals surface area contributed by atoms with E-state index in [4.69, 9.17) is 0 Å². The van der Waals surface area contributed by atoms with Gasteiger partial charge in [0.25, 0.3) is 0 Å². The Bertz CT molecular complexity index is 1040. The van der Waals surface area contributed by atoms with Gasteiger partial charge in [0.05, 0.1) is 18.2 Å². The van der Waals surface area contributed by atoms with Crippen LogP contribution in [0.25, 0.3) is 22.5 Å². The standard InChI is InChI=1S/C21H21FN6O/c1-12(16-8-13-2-5-17(25-13)20(16)22)21-24-10-18(26-27-21)15-4-3-14(9-19(15)29)28-7-6-23-11-28/h3-4,6-7,9-11,13,16-17,20,25,29H,1-2,5,8H2/t13?,16-,17?,20+/m1/s1. The lowest BCUT2D eigenvalue weighted by Gasteiger charge is -2.33. The van der Waals surface area contributed by atoms with Crippen LogP contribution in [0, 0.1) is 5.92 Å². The van der Waals surface area contributed by atoms with E-state index < -0.39 is 6.17 Å². The molecule has 148 valence electrons. The molecule has 7 nitrogen and oxygen atoms in total. The van der Waals surface area contributed by atoms with E-state index in [1.165, 1.54) is 0 Å². The van der Waals surface area contributed by atoms with Gasteiger partial charge in [0, 0.05) is 42.0 Å². The van der Waals surface area contributed by atoms with Crippen molar-refractivity contribution in [2.45, 2.75) is 37.5 Å². The van der Waals surface area contributed by atoms with Crippen LogP contribution in [-0.2, 0) is 0 Å². The van der Waals surface area contributed by atoms with Gasteiger partial charge in [0.15, 0.2) is 5.82 Å². The van der Waals surface area contributed by atoms with Crippen molar-refractivity contribution in [3.63, 3.8) is 0 Å². The van der Waals surface area contributed by atoms with E-state index in [1.54, 1.807) is 41.6 Å². The van der Waals surface area contributed by atoms with Crippen LogP contribution < -0.4 is 5.32 Å². The number of alkyl halides is 1. The number of aromatic hydroxyl groups is 1. The second-order valence-electron chi connectivity index (χ2n) is 7.70. The second-order valence-corrected chi connectivity index (χ2v) is 7.70. The molecule has 2 fully saturated rings. The van der Waals surface area contributed by atoms with Crippen molar-refractivity contribution < 1.29 is 9.50 Å². The van der Waals surface area contributed by atoms with Gasteiger partial charge in [-0.2, -0.15) is 0 Å². The first-order chi connectivity index (χ1) is 14.1. The third-order valence-electron chi connectivity index (χ3n) is 5.94. The zero-order valence-electron chi connectivity index (χ0n) is 15.7. The van der Waals surface area contributed by atoms with Crippen LogP contribution in [0.2, 0.25) is 0 Å². The molecule has 0 radical (unpaired) electrons. The quantitative estimate of drug-likeness (QED) is 0.710. The van der Waals surface area contributed by atoms with Gasteiger partial charge in [0.2, 0.25) is 0 Å². The van der Waals surface area contributed by atoms with Crippen molar-refractivity contribution in [3.8, 4) is 22.7 Å². The minimum Gasteiger partial charge on any atom is -0.507 e. The van der Waals surface area contributed by atoms with E-state index in [0.717, 1.165) is 18.5 Å². The van der Waals surface area contributed by atoms with Crippen LogP contribution in [0.1, 0.15) is 25.1 Å². The topological polar surface area (TPSA) is 88.8 Å². The van der Waals surface area contributed by atoms with Gasteiger partial charge in [-0.15, -0.1) is 10.2 Å². The molecule has 1 aromatic carbocycles. The zero-order valence-corrected chi connectivity index (χ0v) is 15.7. The highest BCUT2D eigenvalue weighted by Gasteiger charge is 2.43. The number of hydrogen-bond acceptors (Lipinski definition) is 6. The Labute approximate surface area is 167 Å². The van der Waals surface area contributed by atoms with E-state index >= 15 is 0 Å². The largest absolute Gasteiger partial charge is 0.507 e. The van der Waals surface area contributed by atoms with Crippen molar-refractivity contribution in [1.82, 2.24) is 30.0 Å². The van der Waals surface area contributed by atoms with E-state index in [1.807, 2.05) is 6.07 Å². The summed E-state index contributed by atoms with van der Waals surface area (Å²) < 4.78 is 16.6. The Balaban J connectivity index is 1.37. The van der Waals surface area contributed by atoms with Gasteiger partial charge in [-0.1, -0.05) is 6.58 Å². The number of phenolic OH excluding ortho intramolecular Hbond substituents is 1. The van der Waals surface area contributed by atoms with Crippen molar-refractivity contribution in [2.75, 3.05) is 0 Å². The first-order valence-corrected chi connectivity index (χ1v) is 9.71. The summed E-state index contributed by atoms with van der Waals surface area (Å²) >= 11 is 0. The van der Waals surface area contributed by atoms with Crippen molar-refractivity contribution in [2.24, 2.45) is 5.92 Å². The summed E-state index contributed by atoms with van der Waals surface area (Å²) in [4.78, 5) is 8.36. The first kappa shape index (κ1) is 17.9. The molecule has 0 saturated carbocycles. The highest BCUT2D eigenvalue weighted by molar-refractivity contribution is 5.68. The van der Waals surface area contributed by atoms with E-state index in [0.29, 0.717) is 35.1 Å². The minimum atomic E-state index is -0.982. The summed E-state index contributed by atoms with van der Waals surface area (Å²) in [5.74, 6) is 0.138. The third-order valence-corrected chi connectivity index (χ3v) is 5.94. The van der Waals surface area contributed by atoms with Crippen molar-refractivity contribution in [3.05, 3.63) is 55.5 Å². The maximum absolute atomic E-state index is 14.8. The molecule has 29 heavy (non-hydrogen) atoms. The predicted molar refractivity (Wildman–Crippen MR) is 106 cm³/mol. The lowest BCUT2D eigenvalue weighted by molar-refractivity contribution is 0.167. The molecule has 8 heteroatoms. The number of imidazole rings is 1. The van der Waals surface area contributed by atoms with Crippen molar-refractivity contribution >= 4 is 5.57 Å². The summed E-state index contributed by atoms with van der Waals surface area (Å²) in [7, 11) is 0. The van der Waals surface area contributed by atoms with Gasteiger partial charge in [-0.3, -0.25) is 0 Å². The van der Waals surface area contributed by atoms with Gasteiger partial charge in [0.1, 0.15) is 17.6 Å². The predicted octanol–water partition coefficient (Wildman–Crippen LogP) is 2.92. The number of phenols is 1. The Morgan fingerprint density at radius 1 is 1.28 bits per heavy atom. The Kier molecular flexibility index (Phi) is 4.35. The third kappa shape index (κ3) is 3.19. The number of halogens is 1. The Morgan fingerprint density at radius 2 is 2.17 bits per heavy atom. The number of allylic oxidation sites excluding steroid dienone is 1. The van der Waals surface area contributed by atoms with Gasteiger partial charge in [-0.05, 0) is 37.0 Å². The molecule has 0 aliphatic carbocycles. The Hall–Kier alpha value is -3.13. The van der Waals surface area contributed by atoms with E-state index in [-0.39, 0.29) is 17.7 Å². The van der Waals surface area contributed by atoms with E-state index in [9.17, 15) is 9.50 Å². The molecule has 5 rings (SSSR count). The van der Waals surface area contributed by atoms with Crippen LogP contribution in [0.4, 0.5) is 4.39 Å². The lowest BCUT2D eigenvalue weighted by Crippen LogP contribution is -2.47. The number of nitrogens with zero attached hydrogens (tertiary/aromatic N) is 5. The Morgan fingerprint density at radius 3 is 2.90 bits per heavy atom. The number of nitrogens with one attached hydrogen (secondary N) is 1. The van der Waals surface area contributed by atoms with Crippen LogP contribution >= 0.6 is 0 Å². The summed E-state index contributed by atoms with van der Waals surface area (Å²) in [6.07, 6.45) is 8.25. The number of fused-ring (bicyclic) bond motifs is 2. The van der Waals surface area contributed by atoms with Crippen LogP contribution in [0.3, 0.4) is 0 Å². The maximum atomic E-state index is 14.8. The number of aromatic nitrogens is 5. The number of benzene rings is 1. The SMILES string of the molecule is C=C(c1ncc(-c2ccc(-n3ccnc3)cc2O)nn1)[C@H]1CC2CCC(N2)[C@H]1F. The van der Waals surface area contributed by atoms with Gasteiger partial charge >= 0.3 is 0 Å². The average Bonchev–Trinajstić information content (AvgIpc) is 3.41. The van der Waals surface area contributed by atoms with E-state index in [2.05, 4.69) is 32.1 Å². The molecular formula is C21H21FN6O. The van der Waals surface area contributed by atoms with Crippen molar-refractivity contribution in [1.29, 1.82) is 0 Å². The maximum Gasteiger partial charge on any atom is 0.177 e. The summed E-state index contributed by atoms with van der Waals surface area (Å²) in [5.41, 5.74) is 2.34. The first-order valence-electron chi connectivity index (χ1n) is 9.71. The van der Waals surface area contributed by atoms with Crippen LogP contribution in [0.15, 0.2) is 49.7 Å². The summed E-state index contributed by atoms with van der Waals surface area (Å²) in [6, 6.07) is 5.47. The molecule has 2 unspecified atom stereocenters. The molecule has 0 amide bonds. The molecular weight excluding hydrogens is 371 g/mol. The normalized spacial score (nSPS) is 25.8. The highest BCUT2D eigenvalue weighted by atomic mass is 19.1. The lowest BCUT2D eigenvalue weighted by atomic mass is 9.84. The second kappa shape index (κ2) is 7.04. The monoisotopic (exact) mass is 392 g/mol. The summed E-state index contributed by atoms with van der Waals surface area (Å²) in [5, 5.41) is 22.1. The fraction of sp³-hybridized carbons (Fsp3) is 0.333. The molecule has 3 aromatic rings. The minimum absolute atomic E-state index is 0.0672. The molecule has 4 heterocycles. The number of piperidine rings is 1. The highest BCUT2D eigenvalue weighted by Crippen LogP contribution is 2.39. The molecule has 2 bridgehead atoms. The van der Waals surface area contributed by atoms with Crippen LogP contribution in [0.5, 0.6) is 5.75 Å². The molecule has 2 aromatic heterocycles. The molecule has 2 aliphatic heterocycles. The number of hydrogen-bond donors (Lipinski definition) is 2. The van der Waals surface area contributed by atoms with Crippen LogP contribution in [-0.4, -0.2) is 48.1 Å². The fourth-order valence-corrected chi connectivity index (χ4v) is 4.36. The fourth-order valence-electron chi connectivity index (χ4n) is 4.36. The van der Waals surface area contributed by atoms with Gasteiger partial charge in [-0.25, -0.2) is 14.4 Å². The number of rotatable bonds is 4. The smallest absolute Gasteiger partial charge is 0.177 e. The molecule has 2 saturated heterocycles. The molecule has 2 N–H and O–H groups in total. The average molecular weight is 392 g/mol. The molecule has 4 atom stereocenters. The summed E-state index contributed by atoms with van der Waals surface area (Å²) in [6.45, 7) is 4.06. The molecule has 0 spiro atoms. The zero-order chi connectivity index (χ0) is 20.0.